The molecule has 0 amide bonds. The number of halogens is 2. The van der Waals surface area contributed by atoms with Crippen LogP contribution in [0.4, 0.5) is 0 Å². The van der Waals surface area contributed by atoms with E-state index in [2.05, 4.69) is 58.4 Å². The molecule has 0 aliphatic carbocycles. The molecule has 3 heteroatoms. The minimum Gasteiger partial charge on any atom is -0.495 e. The molecule has 0 spiro atoms. The second kappa shape index (κ2) is 6.77. The highest BCUT2D eigenvalue weighted by molar-refractivity contribution is 9.10. The summed E-state index contributed by atoms with van der Waals surface area (Å²) >= 11 is 9.94. The van der Waals surface area contributed by atoms with Gasteiger partial charge in [0.15, 0.2) is 0 Å². The third kappa shape index (κ3) is 3.15. The SMILES string of the molecule is C/C=C/c1cc(Br)ccc1-c1ccc2c(Cl)c(OC)ccc2c1. The zero-order valence-electron chi connectivity index (χ0n) is 12.9. The standard InChI is InChI=1S/C20H16BrClO/c1-3-4-13-12-16(21)7-9-17(13)14-5-8-18-15(11-14)6-10-19(23-2)20(18)22/h3-12H,1-2H3/b4-3+. The van der Waals surface area contributed by atoms with Crippen molar-refractivity contribution in [2.45, 2.75) is 6.92 Å². The van der Waals surface area contributed by atoms with Gasteiger partial charge in [-0.1, -0.05) is 63.9 Å². The Kier molecular flexibility index (Phi) is 4.74. The second-order valence-corrected chi connectivity index (χ2v) is 6.54. The highest BCUT2D eigenvalue weighted by Crippen LogP contribution is 2.36. The van der Waals surface area contributed by atoms with Crippen molar-refractivity contribution < 1.29 is 4.74 Å². The lowest BCUT2D eigenvalue weighted by molar-refractivity contribution is 0.415. The first-order valence-corrected chi connectivity index (χ1v) is 8.50. The lowest BCUT2D eigenvalue weighted by Crippen LogP contribution is -1.87. The minimum atomic E-state index is 0.654. The summed E-state index contributed by atoms with van der Waals surface area (Å²) in [6.45, 7) is 2.02. The Morgan fingerprint density at radius 3 is 2.61 bits per heavy atom. The van der Waals surface area contributed by atoms with E-state index in [0.717, 1.165) is 15.2 Å². The van der Waals surface area contributed by atoms with Crippen LogP contribution in [-0.4, -0.2) is 7.11 Å². The molecule has 0 bridgehead atoms. The van der Waals surface area contributed by atoms with E-state index in [1.807, 2.05) is 25.1 Å². The summed E-state index contributed by atoms with van der Waals surface area (Å²) < 4.78 is 6.36. The smallest absolute Gasteiger partial charge is 0.138 e. The summed E-state index contributed by atoms with van der Waals surface area (Å²) in [5.41, 5.74) is 3.54. The van der Waals surface area contributed by atoms with E-state index in [1.54, 1.807) is 7.11 Å². The van der Waals surface area contributed by atoms with Gasteiger partial charge in [-0.15, -0.1) is 0 Å². The summed E-state index contributed by atoms with van der Waals surface area (Å²) in [4.78, 5) is 0. The Bertz CT molecular complexity index is 900. The predicted octanol–water partition coefficient (Wildman–Crippen LogP) is 6.96. The van der Waals surface area contributed by atoms with Crippen molar-refractivity contribution >= 4 is 44.4 Å². The summed E-state index contributed by atoms with van der Waals surface area (Å²) in [6.07, 6.45) is 4.17. The minimum absolute atomic E-state index is 0.654. The summed E-state index contributed by atoms with van der Waals surface area (Å²) in [5, 5.41) is 2.75. The summed E-state index contributed by atoms with van der Waals surface area (Å²) in [5.74, 6) is 0.699. The van der Waals surface area contributed by atoms with E-state index in [1.165, 1.54) is 16.7 Å². The molecule has 0 aromatic heterocycles. The van der Waals surface area contributed by atoms with Crippen molar-refractivity contribution in [3.63, 3.8) is 0 Å². The van der Waals surface area contributed by atoms with Gasteiger partial charge in [0.1, 0.15) is 5.75 Å². The molecule has 3 aromatic rings. The van der Waals surface area contributed by atoms with Crippen molar-refractivity contribution in [1.29, 1.82) is 0 Å². The van der Waals surface area contributed by atoms with Gasteiger partial charge in [-0.05, 0) is 53.3 Å². The molecular formula is C20H16BrClO. The maximum absolute atomic E-state index is 6.40. The fourth-order valence-corrected chi connectivity index (χ4v) is 3.40. The van der Waals surface area contributed by atoms with Crippen LogP contribution in [0.1, 0.15) is 12.5 Å². The van der Waals surface area contributed by atoms with Crippen molar-refractivity contribution in [2.75, 3.05) is 7.11 Å². The second-order valence-electron chi connectivity index (χ2n) is 5.25. The number of allylic oxidation sites excluding steroid dienone is 1. The molecule has 1 nitrogen and oxygen atoms in total. The number of methoxy groups -OCH3 is 1. The van der Waals surface area contributed by atoms with Crippen LogP contribution < -0.4 is 4.74 Å². The Labute approximate surface area is 149 Å². The zero-order chi connectivity index (χ0) is 16.4. The van der Waals surface area contributed by atoms with Crippen LogP contribution in [0.5, 0.6) is 5.75 Å². The van der Waals surface area contributed by atoms with Crippen LogP contribution >= 0.6 is 27.5 Å². The van der Waals surface area contributed by atoms with Crippen LogP contribution in [0, 0.1) is 0 Å². The molecule has 3 aromatic carbocycles. The fraction of sp³-hybridized carbons (Fsp3) is 0.100. The van der Waals surface area contributed by atoms with Crippen LogP contribution in [0.15, 0.2) is 59.1 Å². The quantitative estimate of drug-likeness (QED) is 0.472. The van der Waals surface area contributed by atoms with E-state index >= 15 is 0 Å². The van der Waals surface area contributed by atoms with Gasteiger partial charge in [0.25, 0.3) is 0 Å². The fourth-order valence-electron chi connectivity index (χ4n) is 2.71. The predicted molar refractivity (Wildman–Crippen MR) is 103 cm³/mol. The first-order chi connectivity index (χ1) is 11.1. The lowest BCUT2D eigenvalue weighted by atomic mass is 9.97. The number of fused-ring (bicyclic) bond motifs is 1. The third-order valence-electron chi connectivity index (χ3n) is 3.81. The molecule has 116 valence electrons. The highest BCUT2D eigenvalue weighted by atomic mass is 79.9. The number of hydrogen-bond acceptors (Lipinski definition) is 1. The van der Waals surface area contributed by atoms with Crippen molar-refractivity contribution in [2.24, 2.45) is 0 Å². The average Bonchev–Trinajstić information content (AvgIpc) is 2.55. The van der Waals surface area contributed by atoms with Gasteiger partial charge in [-0.25, -0.2) is 0 Å². The average molecular weight is 388 g/mol. The molecule has 0 N–H and O–H groups in total. The molecule has 0 aliphatic rings. The van der Waals surface area contributed by atoms with E-state index < -0.39 is 0 Å². The van der Waals surface area contributed by atoms with Gasteiger partial charge < -0.3 is 4.74 Å². The van der Waals surface area contributed by atoms with Gasteiger partial charge in [0.2, 0.25) is 0 Å². The van der Waals surface area contributed by atoms with Gasteiger partial charge in [0, 0.05) is 9.86 Å². The van der Waals surface area contributed by atoms with Gasteiger partial charge >= 0.3 is 0 Å². The largest absolute Gasteiger partial charge is 0.495 e. The van der Waals surface area contributed by atoms with Crippen LogP contribution in [-0.2, 0) is 0 Å². The highest BCUT2D eigenvalue weighted by Gasteiger charge is 2.09. The monoisotopic (exact) mass is 386 g/mol. The van der Waals surface area contributed by atoms with Crippen molar-refractivity contribution in [3.8, 4) is 16.9 Å². The van der Waals surface area contributed by atoms with Crippen molar-refractivity contribution in [3.05, 3.63) is 69.7 Å². The molecule has 0 fully saturated rings. The zero-order valence-corrected chi connectivity index (χ0v) is 15.3. The molecule has 23 heavy (non-hydrogen) atoms. The van der Waals surface area contributed by atoms with Gasteiger partial charge in [0.05, 0.1) is 12.1 Å². The number of ether oxygens (including phenoxy) is 1. The van der Waals surface area contributed by atoms with Crippen LogP contribution in [0.2, 0.25) is 5.02 Å². The van der Waals surface area contributed by atoms with Gasteiger partial charge in [-0.3, -0.25) is 0 Å². The first kappa shape index (κ1) is 16.1. The molecule has 0 saturated heterocycles. The van der Waals surface area contributed by atoms with E-state index in [9.17, 15) is 0 Å². The first-order valence-electron chi connectivity index (χ1n) is 7.33. The van der Waals surface area contributed by atoms with E-state index in [0.29, 0.717) is 10.8 Å². The Morgan fingerprint density at radius 1 is 1.04 bits per heavy atom. The molecular weight excluding hydrogens is 372 g/mol. The number of benzene rings is 3. The Hall–Kier alpha value is -1.77. The Balaban J connectivity index is 2.18. The molecule has 0 heterocycles. The van der Waals surface area contributed by atoms with E-state index in [-0.39, 0.29) is 0 Å². The molecule has 0 atom stereocenters. The molecule has 0 saturated carbocycles. The maximum Gasteiger partial charge on any atom is 0.138 e. The number of rotatable bonds is 3. The summed E-state index contributed by atoms with van der Waals surface area (Å²) in [6, 6.07) is 16.6. The van der Waals surface area contributed by atoms with Crippen LogP contribution in [0.3, 0.4) is 0 Å². The topological polar surface area (TPSA) is 9.23 Å². The normalized spacial score (nSPS) is 11.3. The molecule has 0 aliphatic heterocycles. The maximum atomic E-state index is 6.40. The molecule has 0 radical (unpaired) electrons. The summed E-state index contributed by atoms with van der Waals surface area (Å²) in [7, 11) is 1.63. The number of hydrogen-bond donors (Lipinski definition) is 0. The third-order valence-corrected chi connectivity index (χ3v) is 4.69. The van der Waals surface area contributed by atoms with Crippen LogP contribution in [0.25, 0.3) is 28.0 Å². The van der Waals surface area contributed by atoms with E-state index in [4.69, 9.17) is 16.3 Å². The van der Waals surface area contributed by atoms with Crippen molar-refractivity contribution in [1.82, 2.24) is 0 Å². The lowest BCUT2D eigenvalue weighted by Gasteiger charge is -2.11. The Morgan fingerprint density at radius 2 is 1.87 bits per heavy atom. The van der Waals surface area contributed by atoms with Gasteiger partial charge in [-0.2, -0.15) is 0 Å². The molecule has 0 unspecified atom stereocenters. The molecule has 3 rings (SSSR count).